The number of ether oxygens (including phenoxy) is 1. The molecule has 0 radical (unpaired) electrons. The molecule has 0 spiro atoms. The van der Waals surface area contributed by atoms with Crippen LogP contribution < -0.4 is 10.6 Å². The average Bonchev–Trinajstić information content (AvgIpc) is 3.20. The monoisotopic (exact) mass is 505 g/mol. The zero-order valence-corrected chi connectivity index (χ0v) is 20.9. The Kier molecular flexibility index (Phi) is 10.8. The van der Waals surface area contributed by atoms with Gasteiger partial charge in [-0.2, -0.15) is 5.10 Å². The molecule has 1 aliphatic rings. The zero-order chi connectivity index (χ0) is 19.9. The Labute approximate surface area is 188 Å². The van der Waals surface area contributed by atoms with Crippen molar-refractivity contribution in [2.24, 2.45) is 17.5 Å². The van der Waals surface area contributed by atoms with E-state index in [1.54, 1.807) is 0 Å². The van der Waals surface area contributed by atoms with E-state index >= 15 is 0 Å². The van der Waals surface area contributed by atoms with Crippen LogP contribution in [-0.4, -0.2) is 48.6 Å². The molecule has 1 unspecified atom stereocenters. The number of hydrogen-bond acceptors (Lipinski definition) is 3. The van der Waals surface area contributed by atoms with E-state index in [-0.39, 0.29) is 24.0 Å². The van der Waals surface area contributed by atoms with E-state index in [1.807, 2.05) is 18.8 Å². The molecule has 0 aliphatic heterocycles. The number of nitrogens with one attached hydrogen (secondary N) is 2. The molecule has 1 fully saturated rings. The summed E-state index contributed by atoms with van der Waals surface area (Å²) < 4.78 is 7.59. The number of nitrogens with zero attached hydrogens (tertiary/aromatic N) is 3. The van der Waals surface area contributed by atoms with Gasteiger partial charge in [0.1, 0.15) is 0 Å². The first-order valence-electron chi connectivity index (χ1n) is 10.4. The summed E-state index contributed by atoms with van der Waals surface area (Å²) in [4.78, 5) is 4.45. The Hall–Kier alpha value is -0.830. The molecule has 1 atom stereocenters. The van der Waals surface area contributed by atoms with Crippen molar-refractivity contribution in [3.05, 3.63) is 17.0 Å². The van der Waals surface area contributed by atoms with Gasteiger partial charge in [-0.15, -0.1) is 24.0 Å². The second-order valence-corrected chi connectivity index (χ2v) is 8.10. The van der Waals surface area contributed by atoms with E-state index in [4.69, 9.17) is 4.74 Å². The highest BCUT2D eigenvalue weighted by atomic mass is 127. The number of halogens is 1. The summed E-state index contributed by atoms with van der Waals surface area (Å²) in [6.07, 6.45) is 7.31. The second kappa shape index (κ2) is 12.0. The molecule has 7 heteroatoms. The van der Waals surface area contributed by atoms with Gasteiger partial charge < -0.3 is 15.4 Å². The Bertz CT molecular complexity index is 623. The lowest BCUT2D eigenvalue weighted by molar-refractivity contribution is 0.105. The van der Waals surface area contributed by atoms with Crippen LogP contribution in [0.15, 0.2) is 4.99 Å². The van der Waals surface area contributed by atoms with Gasteiger partial charge in [-0.3, -0.25) is 9.67 Å². The smallest absolute Gasteiger partial charge is 0.191 e. The maximum absolute atomic E-state index is 5.63. The highest BCUT2D eigenvalue weighted by Gasteiger charge is 2.33. The first-order chi connectivity index (χ1) is 12.9. The lowest BCUT2D eigenvalue weighted by atomic mass is 9.83. The van der Waals surface area contributed by atoms with Crippen molar-refractivity contribution in [2.45, 2.75) is 72.3 Å². The largest absolute Gasteiger partial charge is 0.382 e. The van der Waals surface area contributed by atoms with Gasteiger partial charge in [0.15, 0.2) is 5.96 Å². The van der Waals surface area contributed by atoms with Crippen molar-refractivity contribution in [3.63, 3.8) is 0 Å². The molecule has 6 nitrogen and oxygen atoms in total. The minimum atomic E-state index is 0. The van der Waals surface area contributed by atoms with Crippen molar-refractivity contribution in [3.8, 4) is 0 Å². The van der Waals surface area contributed by atoms with Crippen LogP contribution in [0.5, 0.6) is 0 Å². The van der Waals surface area contributed by atoms with Crippen LogP contribution in [0.4, 0.5) is 0 Å². The SMILES string of the molecule is CCOCCC1(CNC(=NC)NC(C)Cc2c(C)nn(C)c2C)CCCC1.I. The van der Waals surface area contributed by atoms with Gasteiger partial charge in [-0.25, -0.2) is 0 Å². The van der Waals surface area contributed by atoms with E-state index in [0.29, 0.717) is 11.5 Å². The number of hydrogen-bond donors (Lipinski definition) is 2. The molecular weight excluding hydrogens is 465 g/mol. The summed E-state index contributed by atoms with van der Waals surface area (Å²) >= 11 is 0. The highest BCUT2D eigenvalue weighted by Crippen LogP contribution is 2.40. The van der Waals surface area contributed by atoms with Crippen molar-refractivity contribution < 1.29 is 4.74 Å². The Morgan fingerprint density at radius 1 is 1.32 bits per heavy atom. The molecular formula is C21H40IN5O. The number of rotatable bonds is 9. The van der Waals surface area contributed by atoms with Crippen molar-refractivity contribution >= 4 is 29.9 Å². The fraction of sp³-hybridized carbons (Fsp3) is 0.810. The summed E-state index contributed by atoms with van der Waals surface area (Å²) in [7, 11) is 3.86. The molecule has 162 valence electrons. The quantitative estimate of drug-likeness (QED) is 0.232. The number of guanidine groups is 1. The maximum atomic E-state index is 5.63. The van der Waals surface area contributed by atoms with Crippen LogP contribution in [-0.2, 0) is 18.2 Å². The first-order valence-corrected chi connectivity index (χ1v) is 10.4. The molecule has 0 amide bonds. The molecule has 1 aromatic rings. The third kappa shape index (κ3) is 6.90. The standard InChI is InChI=1S/C21H39N5O.HI/c1-7-27-13-12-21(10-8-9-11-21)15-23-20(22-5)24-16(2)14-19-17(3)25-26(6)18(19)4;/h16H,7-15H2,1-6H3,(H2,22,23,24);1H. The van der Waals surface area contributed by atoms with Crippen molar-refractivity contribution in [2.75, 3.05) is 26.8 Å². The molecule has 1 heterocycles. The predicted molar refractivity (Wildman–Crippen MR) is 128 cm³/mol. The molecule has 28 heavy (non-hydrogen) atoms. The van der Waals surface area contributed by atoms with Gasteiger partial charge in [0.25, 0.3) is 0 Å². The molecule has 2 rings (SSSR count). The van der Waals surface area contributed by atoms with Gasteiger partial charge in [0.2, 0.25) is 0 Å². The van der Waals surface area contributed by atoms with Crippen LogP contribution in [0.2, 0.25) is 0 Å². The van der Waals surface area contributed by atoms with Gasteiger partial charge >= 0.3 is 0 Å². The van der Waals surface area contributed by atoms with Crippen LogP contribution in [0.1, 0.15) is 62.9 Å². The van der Waals surface area contributed by atoms with E-state index < -0.39 is 0 Å². The Morgan fingerprint density at radius 2 is 2.00 bits per heavy atom. The van der Waals surface area contributed by atoms with Crippen LogP contribution in [0.25, 0.3) is 0 Å². The predicted octanol–water partition coefficient (Wildman–Crippen LogP) is 3.74. The molecule has 0 saturated heterocycles. The third-order valence-electron chi connectivity index (χ3n) is 6.05. The van der Waals surface area contributed by atoms with Crippen LogP contribution in [0.3, 0.4) is 0 Å². The average molecular weight is 505 g/mol. The van der Waals surface area contributed by atoms with Gasteiger partial charge in [-0.1, -0.05) is 12.8 Å². The lowest BCUT2D eigenvalue weighted by Gasteiger charge is -2.30. The normalized spacial score (nSPS) is 17.3. The lowest BCUT2D eigenvalue weighted by Crippen LogP contribution is -2.46. The summed E-state index contributed by atoms with van der Waals surface area (Å²) in [5.41, 5.74) is 4.04. The summed E-state index contributed by atoms with van der Waals surface area (Å²) in [6.45, 7) is 11.1. The van der Waals surface area contributed by atoms with Crippen LogP contribution >= 0.6 is 24.0 Å². The van der Waals surface area contributed by atoms with Crippen LogP contribution in [0, 0.1) is 19.3 Å². The minimum Gasteiger partial charge on any atom is -0.382 e. The Balaban J connectivity index is 0.00000392. The molecule has 1 saturated carbocycles. The van der Waals surface area contributed by atoms with Gasteiger partial charge in [0, 0.05) is 45.6 Å². The van der Waals surface area contributed by atoms with Gasteiger partial charge in [0.05, 0.1) is 5.69 Å². The number of aliphatic imine (C=N–C) groups is 1. The topological polar surface area (TPSA) is 63.5 Å². The number of aromatic nitrogens is 2. The Morgan fingerprint density at radius 3 is 2.54 bits per heavy atom. The van der Waals surface area contributed by atoms with E-state index in [2.05, 4.69) is 48.4 Å². The first kappa shape index (κ1) is 25.2. The number of aryl methyl sites for hydroxylation is 2. The summed E-state index contributed by atoms with van der Waals surface area (Å²) in [5.74, 6) is 0.893. The molecule has 1 aromatic heterocycles. The minimum absolute atomic E-state index is 0. The zero-order valence-electron chi connectivity index (χ0n) is 18.6. The van der Waals surface area contributed by atoms with E-state index in [9.17, 15) is 0 Å². The van der Waals surface area contributed by atoms with E-state index in [0.717, 1.165) is 44.3 Å². The maximum Gasteiger partial charge on any atom is 0.191 e. The molecule has 0 aromatic carbocycles. The third-order valence-corrected chi connectivity index (χ3v) is 6.05. The summed E-state index contributed by atoms with van der Waals surface area (Å²) in [6, 6.07) is 0.292. The molecule has 0 bridgehead atoms. The van der Waals surface area contributed by atoms with Gasteiger partial charge in [-0.05, 0) is 64.4 Å². The van der Waals surface area contributed by atoms with Crippen molar-refractivity contribution in [1.29, 1.82) is 0 Å². The van der Waals surface area contributed by atoms with E-state index in [1.165, 1.54) is 36.9 Å². The summed E-state index contributed by atoms with van der Waals surface area (Å²) in [5, 5.41) is 11.7. The highest BCUT2D eigenvalue weighted by molar-refractivity contribution is 14.0. The molecule has 2 N–H and O–H groups in total. The fourth-order valence-corrected chi connectivity index (χ4v) is 4.24. The molecule has 1 aliphatic carbocycles. The second-order valence-electron chi connectivity index (χ2n) is 8.10. The fourth-order valence-electron chi connectivity index (χ4n) is 4.24. The van der Waals surface area contributed by atoms with Crippen molar-refractivity contribution in [1.82, 2.24) is 20.4 Å².